The molecule has 5 nitrogen and oxygen atoms in total. The van der Waals surface area contributed by atoms with Crippen molar-refractivity contribution in [2.75, 3.05) is 6.61 Å². The monoisotopic (exact) mass is 287 g/mol. The minimum absolute atomic E-state index is 0.192. The standard InChI is InChI=1S/C16H17NO4/c1-10-7-12(11(2)20-10)8-17-16(18)15-9-19-13-5-3-4-6-14(13)21-15/h3-7,15H,8-9H2,1-2H3,(H,17,18). The number of aryl methyl sites for hydroxylation is 2. The zero-order valence-electron chi connectivity index (χ0n) is 12.0. The number of rotatable bonds is 3. The second-order valence-corrected chi connectivity index (χ2v) is 5.02. The van der Waals surface area contributed by atoms with Gasteiger partial charge in [0.1, 0.15) is 18.1 Å². The van der Waals surface area contributed by atoms with Crippen molar-refractivity contribution < 1.29 is 18.7 Å². The largest absolute Gasteiger partial charge is 0.485 e. The van der Waals surface area contributed by atoms with Crippen LogP contribution in [-0.2, 0) is 11.3 Å². The summed E-state index contributed by atoms with van der Waals surface area (Å²) in [6.07, 6.45) is -0.631. The summed E-state index contributed by atoms with van der Waals surface area (Å²) in [4.78, 5) is 12.2. The summed E-state index contributed by atoms with van der Waals surface area (Å²) in [5.74, 6) is 2.73. The molecule has 1 amide bonds. The molecule has 21 heavy (non-hydrogen) atoms. The number of benzene rings is 1. The number of carbonyl (C=O) groups excluding carboxylic acids is 1. The highest BCUT2D eigenvalue weighted by Crippen LogP contribution is 2.30. The third-order valence-electron chi connectivity index (χ3n) is 3.40. The van der Waals surface area contributed by atoms with Crippen LogP contribution in [0.4, 0.5) is 0 Å². The number of hydrogen-bond acceptors (Lipinski definition) is 4. The summed E-state index contributed by atoms with van der Waals surface area (Å²) in [6.45, 7) is 4.40. The Hall–Kier alpha value is -2.43. The second kappa shape index (κ2) is 5.52. The van der Waals surface area contributed by atoms with Crippen LogP contribution in [-0.4, -0.2) is 18.6 Å². The molecule has 1 unspecified atom stereocenters. The van der Waals surface area contributed by atoms with Gasteiger partial charge in [0.15, 0.2) is 11.5 Å². The highest BCUT2D eigenvalue weighted by Gasteiger charge is 2.27. The Morgan fingerprint density at radius 2 is 2.05 bits per heavy atom. The Morgan fingerprint density at radius 1 is 1.29 bits per heavy atom. The molecule has 1 aromatic heterocycles. The SMILES string of the molecule is Cc1cc(CNC(=O)C2COc3ccccc3O2)c(C)o1. The zero-order chi connectivity index (χ0) is 14.8. The molecule has 1 aliphatic heterocycles. The second-order valence-electron chi connectivity index (χ2n) is 5.02. The van der Waals surface area contributed by atoms with Gasteiger partial charge in [-0.25, -0.2) is 0 Å². The highest BCUT2D eigenvalue weighted by molar-refractivity contribution is 5.81. The van der Waals surface area contributed by atoms with Crippen LogP contribution in [0.5, 0.6) is 11.5 Å². The van der Waals surface area contributed by atoms with E-state index in [1.807, 2.05) is 38.1 Å². The van der Waals surface area contributed by atoms with Gasteiger partial charge < -0.3 is 19.2 Å². The van der Waals surface area contributed by atoms with E-state index in [-0.39, 0.29) is 12.5 Å². The van der Waals surface area contributed by atoms with Crippen molar-refractivity contribution in [3.63, 3.8) is 0 Å². The van der Waals surface area contributed by atoms with Crippen molar-refractivity contribution >= 4 is 5.91 Å². The van der Waals surface area contributed by atoms with Gasteiger partial charge in [-0.15, -0.1) is 0 Å². The molecule has 0 saturated heterocycles. The van der Waals surface area contributed by atoms with Gasteiger partial charge in [-0.05, 0) is 32.0 Å². The molecule has 3 rings (SSSR count). The van der Waals surface area contributed by atoms with Crippen molar-refractivity contribution in [3.05, 3.63) is 47.4 Å². The maximum atomic E-state index is 12.2. The first kappa shape index (κ1) is 13.5. The first-order chi connectivity index (χ1) is 10.1. The smallest absolute Gasteiger partial charge is 0.264 e. The number of carbonyl (C=O) groups is 1. The lowest BCUT2D eigenvalue weighted by Crippen LogP contribution is -2.43. The minimum atomic E-state index is -0.631. The van der Waals surface area contributed by atoms with Crippen molar-refractivity contribution in [3.8, 4) is 11.5 Å². The van der Waals surface area contributed by atoms with E-state index >= 15 is 0 Å². The average Bonchev–Trinajstić information content (AvgIpc) is 2.82. The van der Waals surface area contributed by atoms with Gasteiger partial charge in [0.2, 0.25) is 6.10 Å². The van der Waals surface area contributed by atoms with Gasteiger partial charge in [0, 0.05) is 12.1 Å². The fourth-order valence-electron chi connectivity index (χ4n) is 2.30. The summed E-state index contributed by atoms with van der Waals surface area (Å²) in [6, 6.07) is 9.25. The first-order valence-corrected chi connectivity index (χ1v) is 6.85. The molecule has 0 aliphatic carbocycles. The molecule has 0 fully saturated rings. The van der Waals surface area contributed by atoms with Crippen LogP contribution in [0.1, 0.15) is 17.1 Å². The number of fused-ring (bicyclic) bond motifs is 1. The Morgan fingerprint density at radius 3 is 2.76 bits per heavy atom. The summed E-state index contributed by atoms with van der Waals surface area (Å²) in [7, 11) is 0. The van der Waals surface area contributed by atoms with Crippen molar-refractivity contribution in [2.24, 2.45) is 0 Å². The van der Waals surface area contributed by atoms with Crippen LogP contribution in [0.15, 0.2) is 34.7 Å². The molecule has 1 N–H and O–H groups in total. The van der Waals surface area contributed by atoms with Gasteiger partial charge >= 0.3 is 0 Å². The number of hydrogen-bond donors (Lipinski definition) is 1. The lowest BCUT2D eigenvalue weighted by molar-refractivity contribution is -0.130. The minimum Gasteiger partial charge on any atom is -0.485 e. The molecule has 0 saturated carbocycles. The maximum Gasteiger partial charge on any atom is 0.264 e. The molecule has 1 aliphatic rings. The molecule has 1 aromatic carbocycles. The van der Waals surface area contributed by atoms with Crippen molar-refractivity contribution in [2.45, 2.75) is 26.5 Å². The summed E-state index contributed by atoms with van der Waals surface area (Å²) < 4.78 is 16.6. The lowest BCUT2D eigenvalue weighted by atomic mass is 10.2. The van der Waals surface area contributed by atoms with Gasteiger partial charge in [0.05, 0.1) is 0 Å². The van der Waals surface area contributed by atoms with Gasteiger partial charge in [-0.1, -0.05) is 12.1 Å². The molecule has 110 valence electrons. The molecule has 0 spiro atoms. The van der Waals surface area contributed by atoms with E-state index in [4.69, 9.17) is 13.9 Å². The van der Waals surface area contributed by atoms with E-state index in [1.165, 1.54) is 0 Å². The number of nitrogens with one attached hydrogen (secondary N) is 1. The van der Waals surface area contributed by atoms with Crippen LogP contribution >= 0.6 is 0 Å². The van der Waals surface area contributed by atoms with Gasteiger partial charge in [-0.3, -0.25) is 4.79 Å². The van der Waals surface area contributed by atoms with E-state index in [2.05, 4.69) is 5.32 Å². The molecule has 2 aromatic rings. The van der Waals surface area contributed by atoms with Crippen molar-refractivity contribution in [1.29, 1.82) is 0 Å². The lowest BCUT2D eigenvalue weighted by Gasteiger charge is -2.25. The Labute approximate surface area is 122 Å². The molecule has 1 atom stereocenters. The van der Waals surface area contributed by atoms with Crippen LogP contribution in [0.3, 0.4) is 0 Å². The van der Waals surface area contributed by atoms with E-state index < -0.39 is 6.10 Å². The number of para-hydroxylation sites is 2. The van der Waals surface area contributed by atoms with E-state index in [1.54, 1.807) is 6.07 Å². The van der Waals surface area contributed by atoms with Crippen molar-refractivity contribution in [1.82, 2.24) is 5.32 Å². The average molecular weight is 287 g/mol. The van der Waals surface area contributed by atoms with E-state index in [0.717, 1.165) is 17.1 Å². The summed E-state index contributed by atoms with van der Waals surface area (Å²) in [5.41, 5.74) is 0.970. The predicted octanol–water partition coefficient (Wildman–Crippen LogP) is 2.35. The molecule has 5 heteroatoms. The van der Waals surface area contributed by atoms with Crippen LogP contribution in [0.2, 0.25) is 0 Å². The van der Waals surface area contributed by atoms with Gasteiger partial charge in [-0.2, -0.15) is 0 Å². The summed E-state index contributed by atoms with van der Waals surface area (Å²) in [5, 5.41) is 2.85. The number of ether oxygens (including phenoxy) is 2. The third-order valence-corrected chi connectivity index (χ3v) is 3.40. The summed E-state index contributed by atoms with van der Waals surface area (Å²) >= 11 is 0. The molecule has 2 heterocycles. The zero-order valence-corrected chi connectivity index (χ0v) is 12.0. The van der Waals surface area contributed by atoms with Crippen LogP contribution in [0.25, 0.3) is 0 Å². The Balaban J connectivity index is 1.61. The Bertz CT molecular complexity index is 662. The van der Waals surface area contributed by atoms with E-state index in [9.17, 15) is 4.79 Å². The third kappa shape index (κ3) is 2.86. The van der Waals surface area contributed by atoms with Crippen LogP contribution in [0, 0.1) is 13.8 Å². The molecular weight excluding hydrogens is 270 g/mol. The maximum absolute atomic E-state index is 12.2. The first-order valence-electron chi connectivity index (χ1n) is 6.85. The fourth-order valence-corrected chi connectivity index (χ4v) is 2.30. The quantitative estimate of drug-likeness (QED) is 0.941. The van der Waals surface area contributed by atoms with Gasteiger partial charge in [0.25, 0.3) is 5.91 Å². The number of furan rings is 1. The Kier molecular flexibility index (Phi) is 3.56. The molecule has 0 bridgehead atoms. The predicted molar refractivity (Wildman–Crippen MR) is 76.4 cm³/mol. The normalized spacial score (nSPS) is 16.6. The fraction of sp³-hybridized carbons (Fsp3) is 0.312. The van der Waals surface area contributed by atoms with Crippen LogP contribution < -0.4 is 14.8 Å². The van der Waals surface area contributed by atoms with E-state index in [0.29, 0.717) is 18.0 Å². The molecule has 0 radical (unpaired) electrons. The molecular formula is C16H17NO4. The highest BCUT2D eigenvalue weighted by atomic mass is 16.6. The number of amides is 1. The topological polar surface area (TPSA) is 60.7 Å².